The van der Waals surface area contributed by atoms with Gasteiger partial charge in [0.05, 0.1) is 17.4 Å². The molecule has 33 heavy (non-hydrogen) atoms. The molecule has 6 rings (SSSR count). The van der Waals surface area contributed by atoms with Gasteiger partial charge >= 0.3 is 0 Å². The van der Waals surface area contributed by atoms with E-state index in [4.69, 9.17) is 4.42 Å². The van der Waals surface area contributed by atoms with E-state index in [0.717, 1.165) is 52.7 Å². The maximum atomic E-state index is 13.2. The molecule has 4 aromatic rings. The Hall–Kier alpha value is -3.29. The van der Waals surface area contributed by atoms with Crippen molar-refractivity contribution in [1.29, 1.82) is 0 Å². The van der Waals surface area contributed by atoms with E-state index in [-0.39, 0.29) is 11.8 Å². The number of nitrogens with one attached hydrogen (secondary N) is 2. The van der Waals surface area contributed by atoms with Crippen molar-refractivity contribution in [2.45, 2.75) is 23.8 Å². The number of thioether (sulfide) groups is 1. The topological polar surface area (TPSA) is 76.3 Å². The summed E-state index contributed by atoms with van der Waals surface area (Å²) < 4.78 is 8.09. The Morgan fingerprint density at radius 2 is 1.70 bits per heavy atom. The number of furan rings is 1. The molecular formula is C26H23N3O3S. The van der Waals surface area contributed by atoms with Gasteiger partial charge in [-0.3, -0.25) is 14.9 Å². The molecule has 0 radical (unpaired) electrons. The summed E-state index contributed by atoms with van der Waals surface area (Å²) in [4.78, 5) is 27.3. The minimum atomic E-state index is -0.386. The predicted octanol–water partition coefficient (Wildman–Crippen LogP) is 4.60. The Kier molecular flexibility index (Phi) is 4.89. The van der Waals surface area contributed by atoms with Crippen LogP contribution in [0.5, 0.6) is 0 Å². The highest BCUT2D eigenvalue weighted by atomic mass is 32.2. The van der Waals surface area contributed by atoms with Gasteiger partial charge in [-0.1, -0.05) is 18.2 Å². The molecule has 7 heteroatoms. The summed E-state index contributed by atoms with van der Waals surface area (Å²) in [6.45, 7) is 1.94. The lowest BCUT2D eigenvalue weighted by Crippen LogP contribution is -2.29. The highest BCUT2D eigenvalue weighted by molar-refractivity contribution is 7.98. The fourth-order valence-corrected chi connectivity index (χ4v) is 5.76. The van der Waals surface area contributed by atoms with E-state index in [9.17, 15) is 9.59 Å². The smallest absolute Gasteiger partial charge is 0.259 e. The normalized spacial score (nSPS) is 17.5. The number of amides is 2. The molecule has 4 heterocycles. The maximum Gasteiger partial charge on any atom is 0.259 e. The number of rotatable bonds is 4. The van der Waals surface area contributed by atoms with Gasteiger partial charge in [0.2, 0.25) is 0 Å². The lowest BCUT2D eigenvalue weighted by atomic mass is 9.95. The van der Waals surface area contributed by atoms with Crippen LogP contribution in [0.3, 0.4) is 0 Å². The van der Waals surface area contributed by atoms with Gasteiger partial charge in [-0.05, 0) is 56.5 Å². The van der Waals surface area contributed by atoms with E-state index < -0.39 is 0 Å². The Morgan fingerprint density at radius 1 is 0.939 bits per heavy atom. The molecule has 2 amide bonds. The van der Waals surface area contributed by atoms with Gasteiger partial charge in [0, 0.05) is 44.6 Å². The van der Waals surface area contributed by atoms with Gasteiger partial charge in [-0.2, -0.15) is 0 Å². The summed E-state index contributed by atoms with van der Waals surface area (Å²) in [6.07, 6.45) is 7.75. The van der Waals surface area contributed by atoms with Crippen molar-refractivity contribution >= 4 is 56.6 Å². The average Bonchev–Trinajstić information content (AvgIpc) is 3.55. The van der Waals surface area contributed by atoms with Gasteiger partial charge in [0.25, 0.3) is 11.8 Å². The monoisotopic (exact) mass is 457 g/mol. The summed E-state index contributed by atoms with van der Waals surface area (Å²) in [5.41, 5.74) is 3.93. The zero-order chi connectivity index (χ0) is 22.5. The van der Waals surface area contributed by atoms with E-state index in [2.05, 4.69) is 27.5 Å². The lowest BCUT2D eigenvalue weighted by molar-refractivity contribution is -0.122. The first kappa shape index (κ1) is 20.3. The number of carbonyl (C=O) groups is 2. The van der Waals surface area contributed by atoms with E-state index in [1.807, 2.05) is 42.7 Å². The van der Waals surface area contributed by atoms with Crippen LogP contribution in [0, 0.1) is 0 Å². The highest BCUT2D eigenvalue weighted by Gasteiger charge is 2.35. The Balaban J connectivity index is 1.62. The summed E-state index contributed by atoms with van der Waals surface area (Å²) >= 11 is 1.62. The molecule has 6 nitrogen and oxygen atoms in total. The second-order valence-corrected chi connectivity index (χ2v) is 9.31. The van der Waals surface area contributed by atoms with Gasteiger partial charge in [-0.25, -0.2) is 0 Å². The molecule has 0 aliphatic carbocycles. The molecule has 1 saturated heterocycles. The van der Waals surface area contributed by atoms with Crippen LogP contribution in [0.25, 0.3) is 33.0 Å². The second-order valence-electron chi connectivity index (χ2n) is 8.46. The van der Waals surface area contributed by atoms with E-state index in [1.54, 1.807) is 18.0 Å². The number of para-hydroxylation sites is 1. The SMILES string of the molecule is CSc1ccc(C2=C(c3cn(C4CCNCC4)c4ccccc34)C(=O)NC2=O)c2occc12. The molecule has 2 aromatic heterocycles. The van der Waals surface area contributed by atoms with E-state index in [0.29, 0.717) is 28.3 Å². The number of carbonyl (C=O) groups excluding carboxylic acids is 2. The first-order valence-electron chi connectivity index (χ1n) is 11.1. The van der Waals surface area contributed by atoms with Crippen LogP contribution < -0.4 is 10.6 Å². The van der Waals surface area contributed by atoms with Crippen molar-refractivity contribution in [2.75, 3.05) is 19.3 Å². The fourth-order valence-electron chi connectivity index (χ4n) is 5.17. The summed E-state index contributed by atoms with van der Waals surface area (Å²) in [7, 11) is 0. The molecule has 2 aliphatic rings. The van der Waals surface area contributed by atoms with Crippen LogP contribution in [-0.4, -0.2) is 35.7 Å². The Morgan fingerprint density at radius 3 is 2.48 bits per heavy atom. The van der Waals surface area contributed by atoms with Gasteiger partial charge in [-0.15, -0.1) is 11.8 Å². The summed E-state index contributed by atoms with van der Waals surface area (Å²) in [6, 6.07) is 14.2. The number of hydrogen-bond donors (Lipinski definition) is 2. The molecule has 0 saturated carbocycles. The Bertz CT molecular complexity index is 1460. The number of fused-ring (bicyclic) bond motifs is 2. The molecule has 166 valence electrons. The molecule has 2 N–H and O–H groups in total. The number of aromatic nitrogens is 1. The quantitative estimate of drug-likeness (QED) is 0.346. The zero-order valence-corrected chi connectivity index (χ0v) is 19.0. The summed E-state index contributed by atoms with van der Waals surface area (Å²) in [5, 5.41) is 7.87. The molecule has 0 atom stereocenters. The molecule has 2 aromatic carbocycles. The van der Waals surface area contributed by atoms with Crippen LogP contribution in [-0.2, 0) is 9.59 Å². The maximum absolute atomic E-state index is 13.2. The van der Waals surface area contributed by atoms with Gasteiger partial charge in [0.1, 0.15) is 5.58 Å². The predicted molar refractivity (Wildman–Crippen MR) is 131 cm³/mol. The molecule has 2 aliphatic heterocycles. The first-order chi connectivity index (χ1) is 16.2. The van der Waals surface area contributed by atoms with Crippen molar-refractivity contribution in [2.24, 2.45) is 0 Å². The Labute approximate surface area is 195 Å². The largest absolute Gasteiger partial charge is 0.464 e. The van der Waals surface area contributed by atoms with Crippen LogP contribution in [0.4, 0.5) is 0 Å². The van der Waals surface area contributed by atoms with Gasteiger partial charge in [0.15, 0.2) is 0 Å². The molecule has 1 fully saturated rings. The van der Waals surface area contributed by atoms with Crippen molar-refractivity contribution in [1.82, 2.24) is 15.2 Å². The number of piperidine rings is 1. The number of benzene rings is 2. The zero-order valence-electron chi connectivity index (χ0n) is 18.2. The molecule has 0 unspecified atom stereocenters. The first-order valence-corrected chi connectivity index (χ1v) is 12.3. The molecule has 0 spiro atoms. The van der Waals surface area contributed by atoms with Crippen molar-refractivity contribution in [3.8, 4) is 0 Å². The van der Waals surface area contributed by atoms with Crippen molar-refractivity contribution in [3.05, 3.63) is 66.1 Å². The second kappa shape index (κ2) is 7.93. The van der Waals surface area contributed by atoms with Crippen LogP contribution in [0.1, 0.15) is 30.0 Å². The molecule has 0 bridgehead atoms. The van der Waals surface area contributed by atoms with Crippen LogP contribution in [0.15, 0.2) is 64.2 Å². The van der Waals surface area contributed by atoms with Crippen LogP contribution >= 0.6 is 11.8 Å². The minimum absolute atomic E-state index is 0.353. The third-order valence-electron chi connectivity index (χ3n) is 6.71. The van der Waals surface area contributed by atoms with Crippen molar-refractivity contribution < 1.29 is 14.0 Å². The standard InChI is InChI=1S/C26H23N3O3S/c1-33-21-7-6-18(24-17(21)10-13-32-24)22-23(26(31)28-25(22)30)19-14-29(15-8-11-27-12-9-15)20-5-3-2-4-16(19)20/h2-7,10,13-15,27H,8-9,11-12H2,1H3,(H,28,30,31). The lowest BCUT2D eigenvalue weighted by Gasteiger charge is -2.25. The highest BCUT2D eigenvalue weighted by Crippen LogP contribution is 2.41. The average molecular weight is 458 g/mol. The van der Waals surface area contributed by atoms with Gasteiger partial charge < -0.3 is 14.3 Å². The third kappa shape index (κ3) is 3.14. The minimum Gasteiger partial charge on any atom is -0.464 e. The number of hydrogen-bond acceptors (Lipinski definition) is 5. The number of imide groups is 1. The fraction of sp³-hybridized carbons (Fsp3) is 0.231. The summed E-state index contributed by atoms with van der Waals surface area (Å²) in [5.74, 6) is -0.750. The third-order valence-corrected chi connectivity index (χ3v) is 7.50. The van der Waals surface area contributed by atoms with E-state index >= 15 is 0 Å². The van der Waals surface area contributed by atoms with Crippen molar-refractivity contribution in [3.63, 3.8) is 0 Å². The molecular weight excluding hydrogens is 434 g/mol. The number of nitrogens with zero attached hydrogens (tertiary/aromatic N) is 1. The van der Waals surface area contributed by atoms with E-state index in [1.165, 1.54) is 0 Å². The van der Waals surface area contributed by atoms with Crippen LogP contribution in [0.2, 0.25) is 0 Å².